The number of aliphatic carboxylic acids is 2. The highest BCUT2D eigenvalue weighted by Crippen LogP contribution is 2.36. The third-order valence-corrected chi connectivity index (χ3v) is 5.76. The van der Waals surface area contributed by atoms with E-state index in [1.165, 1.54) is 6.08 Å². The summed E-state index contributed by atoms with van der Waals surface area (Å²) < 4.78 is 5.66. The third-order valence-electron chi connectivity index (χ3n) is 3.88. The number of hydrogen-bond acceptors (Lipinski definition) is 6. The molecule has 11 heteroatoms. The van der Waals surface area contributed by atoms with E-state index in [9.17, 15) is 19.5 Å². The zero-order chi connectivity index (χ0) is 21.3. The fourth-order valence-corrected chi connectivity index (χ4v) is 4.44. The topological polar surface area (TPSA) is 108 Å². The van der Waals surface area contributed by atoms with E-state index in [2.05, 4.69) is 0 Å². The van der Waals surface area contributed by atoms with Gasteiger partial charge in [-0.05, 0) is 30.3 Å². The average molecular weight is 472 g/mol. The van der Waals surface area contributed by atoms with Crippen LogP contribution in [0.3, 0.4) is 0 Å². The maximum Gasteiger partial charge on any atom is 0.327 e. The van der Waals surface area contributed by atoms with Crippen molar-refractivity contribution in [2.24, 2.45) is 0 Å². The van der Waals surface area contributed by atoms with Crippen molar-refractivity contribution in [1.29, 1.82) is 0 Å². The Morgan fingerprint density at radius 3 is 2.59 bits per heavy atom. The van der Waals surface area contributed by atoms with Crippen molar-refractivity contribution < 1.29 is 29.0 Å². The summed E-state index contributed by atoms with van der Waals surface area (Å²) in [6.45, 7) is 0. The van der Waals surface area contributed by atoms with Crippen LogP contribution in [0.15, 0.2) is 39.7 Å². The second-order valence-corrected chi connectivity index (χ2v) is 8.35. The molecule has 2 heterocycles. The lowest BCUT2D eigenvalue weighted by atomic mass is 10.2. The summed E-state index contributed by atoms with van der Waals surface area (Å²) in [6.07, 6.45) is 0.640. The Kier molecular flexibility index (Phi) is 6.33. The molecule has 2 aromatic rings. The van der Waals surface area contributed by atoms with E-state index in [0.29, 0.717) is 27.1 Å². The summed E-state index contributed by atoms with van der Waals surface area (Å²) in [5.41, 5.74) is 0.607. The van der Waals surface area contributed by atoms with Gasteiger partial charge in [-0.3, -0.25) is 14.5 Å². The number of carbonyl (C=O) groups is 3. The van der Waals surface area contributed by atoms with Crippen molar-refractivity contribution in [3.8, 4) is 11.3 Å². The molecule has 0 aliphatic carbocycles. The standard InChI is InChI=1S/C18H11Cl2NO6S2/c19-8-1-3-10(11(20)5-8)13-4-2-9(27-13)6-14-16(24)21(18(28)29-14)12(17(25)26)7-15(22)23/h1-6,12H,7H2,(H,22,23)(H,25,26)/b14-6+/t12-/m1/s1. The van der Waals surface area contributed by atoms with Gasteiger partial charge in [0.05, 0.1) is 16.3 Å². The smallest absolute Gasteiger partial charge is 0.327 e. The summed E-state index contributed by atoms with van der Waals surface area (Å²) >= 11 is 18.0. The summed E-state index contributed by atoms with van der Waals surface area (Å²) in [5, 5.41) is 19.1. The van der Waals surface area contributed by atoms with Crippen molar-refractivity contribution in [3.63, 3.8) is 0 Å². The molecule has 1 aromatic carbocycles. The minimum atomic E-state index is -1.59. The van der Waals surface area contributed by atoms with Crippen LogP contribution in [0.5, 0.6) is 0 Å². The molecule has 2 N–H and O–H groups in total. The lowest BCUT2D eigenvalue weighted by Crippen LogP contribution is -2.45. The monoisotopic (exact) mass is 471 g/mol. The third kappa shape index (κ3) is 4.64. The molecule has 150 valence electrons. The fraction of sp³-hybridized carbons (Fsp3) is 0.111. The lowest BCUT2D eigenvalue weighted by molar-refractivity contribution is -0.150. The van der Waals surface area contributed by atoms with E-state index in [1.54, 1.807) is 30.3 Å². The molecule has 7 nitrogen and oxygen atoms in total. The Morgan fingerprint density at radius 2 is 1.97 bits per heavy atom. The zero-order valence-electron chi connectivity index (χ0n) is 14.3. The molecule has 29 heavy (non-hydrogen) atoms. The Morgan fingerprint density at radius 1 is 1.24 bits per heavy atom. The minimum Gasteiger partial charge on any atom is -0.481 e. The number of furan rings is 1. The number of benzene rings is 1. The summed E-state index contributed by atoms with van der Waals surface area (Å²) in [5.74, 6) is -2.75. The van der Waals surface area contributed by atoms with Crippen molar-refractivity contribution in [1.82, 2.24) is 4.90 Å². The molecular weight excluding hydrogens is 461 g/mol. The first-order valence-electron chi connectivity index (χ1n) is 7.94. The van der Waals surface area contributed by atoms with Crippen LogP contribution < -0.4 is 0 Å². The molecule has 1 saturated heterocycles. The molecule has 1 fully saturated rings. The highest BCUT2D eigenvalue weighted by atomic mass is 35.5. The van der Waals surface area contributed by atoms with Crippen LogP contribution in [-0.2, 0) is 14.4 Å². The SMILES string of the molecule is O=C(O)C[C@H](C(=O)O)N1C(=O)/C(=C\c2ccc(-c3ccc(Cl)cc3Cl)o2)SC1=S. The molecule has 0 saturated carbocycles. The Hall–Kier alpha value is -2.33. The highest BCUT2D eigenvalue weighted by molar-refractivity contribution is 8.26. The van der Waals surface area contributed by atoms with Gasteiger partial charge in [0.25, 0.3) is 5.91 Å². The minimum absolute atomic E-state index is 0.0394. The van der Waals surface area contributed by atoms with Crippen LogP contribution in [0.2, 0.25) is 10.0 Å². The number of thiocarbonyl (C=S) groups is 1. The fourth-order valence-electron chi connectivity index (χ4n) is 2.60. The van der Waals surface area contributed by atoms with Crippen LogP contribution in [0.25, 0.3) is 17.4 Å². The first-order valence-corrected chi connectivity index (χ1v) is 9.92. The van der Waals surface area contributed by atoms with E-state index in [0.717, 1.165) is 16.7 Å². The predicted molar refractivity (Wildman–Crippen MR) is 113 cm³/mol. The maximum atomic E-state index is 12.6. The number of halogens is 2. The maximum absolute atomic E-state index is 12.6. The van der Waals surface area contributed by atoms with Gasteiger partial charge < -0.3 is 14.6 Å². The zero-order valence-corrected chi connectivity index (χ0v) is 17.4. The van der Waals surface area contributed by atoms with Crippen molar-refractivity contribution in [3.05, 3.63) is 51.0 Å². The summed E-state index contributed by atoms with van der Waals surface area (Å²) in [6, 6.07) is 6.59. The average Bonchev–Trinajstić information content (AvgIpc) is 3.18. The van der Waals surface area contributed by atoms with Crippen LogP contribution in [0, 0.1) is 0 Å². The quantitative estimate of drug-likeness (QED) is 0.471. The number of carboxylic acids is 2. The van der Waals surface area contributed by atoms with Gasteiger partial charge in [0.1, 0.15) is 21.9 Å². The molecule has 1 aliphatic heterocycles. The van der Waals surface area contributed by atoms with Gasteiger partial charge in [-0.2, -0.15) is 0 Å². The molecular formula is C18H11Cl2NO6S2. The normalized spacial score (nSPS) is 16.5. The van der Waals surface area contributed by atoms with Crippen LogP contribution >= 0.6 is 47.2 Å². The van der Waals surface area contributed by atoms with Gasteiger partial charge in [0, 0.05) is 16.7 Å². The second-order valence-electron chi connectivity index (χ2n) is 5.83. The van der Waals surface area contributed by atoms with Gasteiger partial charge in [-0.1, -0.05) is 47.2 Å². The molecule has 1 atom stereocenters. The number of nitrogens with zero attached hydrogens (tertiary/aromatic N) is 1. The highest BCUT2D eigenvalue weighted by Gasteiger charge is 2.41. The van der Waals surface area contributed by atoms with Gasteiger partial charge in [0.15, 0.2) is 0 Å². The lowest BCUT2D eigenvalue weighted by Gasteiger charge is -2.21. The Labute approximate surface area is 183 Å². The van der Waals surface area contributed by atoms with E-state index >= 15 is 0 Å². The van der Waals surface area contributed by atoms with Crippen molar-refractivity contribution >= 4 is 75.4 Å². The van der Waals surface area contributed by atoms with Gasteiger partial charge >= 0.3 is 11.9 Å². The molecule has 0 spiro atoms. The van der Waals surface area contributed by atoms with E-state index in [4.69, 9.17) is 44.9 Å². The number of rotatable bonds is 6. The van der Waals surface area contributed by atoms with E-state index in [-0.39, 0.29) is 9.23 Å². The number of thioether (sulfide) groups is 1. The van der Waals surface area contributed by atoms with Crippen LogP contribution in [0.4, 0.5) is 0 Å². The molecule has 3 rings (SSSR count). The van der Waals surface area contributed by atoms with Gasteiger partial charge in [0.2, 0.25) is 0 Å². The molecule has 1 aromatic heterocycles. The van der Waals surface area contributed by atoms with Crippen LogP contribution in [-0.4, -0.2) is 43.3 Å². The van der Waals surface area contributed by atoms with E-state index < -0.39 is 30.3 Å². The molecule has 0 unspecified atom stereocenters. The van der Waals surface area contributed by atoms with Gasteiger partial charge in [-0.15, -0.1) is 0 Å². The number of hydrogen-bond donors (Lipinski definition) is 2. The summed E-state index contributed by atoms with van der Waals surface area (Å²) in [4.78, 5) is 35.9. The number of amides is 1. The Bertz CT molecular complexity index is 1060. The Balaban J connectivity index is 1.87. The number of carboxylic acid groups (broad SMARTS) is 2. The first-order chi connectivity index (χ1) is 13.7. The molecule has 1 amide bonds. The van der Waals surface area contributed by atoms with Crippen molar-refractivity contribution in [2.75, 3.05) is 0 Å². The second kappa shape index (κ2) is 8.58. The molecule has 0 radical (unpaired) electrons. The summed E-state index contributed by atoms with van der Waals surface area (Å²) in [7, 11) is 0. The van der Waals surface area contributed by atoms with Crippen LogP contribution in [0.1, 0.15) is 12.2 Å². The first kappa shape index (κ1) is 21.4. The molecule has 0 bridgehead atoms. The van der Waals surface area contributed by atoms with Crippen molar-refractivity contribution in [2.45, 2.75) is 12.5 Å². The predicted octanol–water partition coefficient (Wildman–Crippen LogP) is 4.38. The molecule has 1 aliphatic rings. The van der Waals surface area contributed by atoms with Gasteiger partial charge in [-0.25, -0.2) is 4.79 Å². The number of carbonyl (C=O) groups excluding carboxylic acids is 1. The largest absolute Gasteiger partial charge is 0.481 e. The van der Waals surface area contributed by atoms with E-state index in [1.807, 2.05) is 0 Å².